The number of nitro groups is 1. The second-order valence-electron chi connectivity index (χ2n) is 5.78. The molecule has 0 aliphatic carbocycles. The van der Waals surface area contributed by atoms with Gasteiger partial charge in [0.05, 0.1) is 10.5 Å². The van der Waals surface area contributed by atoms with Crippen LogP contribution in [0.15, 0.2) is 30.9 Å². The third kappa shape index (κ3) is 5.53. The van der Waals surface area contributed by atoms with Crippen molar-refractivity contribution in [2.24, 2.45) is 0 Å². The van der Waals surface area contributed by atoms with Crippen molar-refractivity contribution in [2.75, 3.05) is 31.1 Å². The van der Waals surface area contributed by atoms with Gasteiger partial charge >= 0.3 is 12.0 Å². The van der Waals surface area contributed by atoms with Crippen LogP contribution in [0.5, 0.6) is 0 Å². The Balaban J connectivity index is 1.98. The van der Waals surface area contributed by atoms with Crippen molar-refractivity contribution < 1.29 is 24.0 Å². The van der Waals surface area contributed by atoms with Crippen LogP contribution in [0.2, 0.25) is 0 Å². The maximum atomic E-state index is 12.1. The second-order valence-corrected chi connectivity index (χ2v) is 5.78. The molecule has 2 rings (SSSR count). The average Bonchev–Trinajstić information content (AvgIpc) is 3.18. The zero-order valence-corrected chi connectivity index (χ0v) is 14.6. The summed E-state index contributed by atoms with van der Waals surface area (Å²) in [5.74, 6) is -1.72. The van der Waals surface area contributed by atoms with Crippen molar-refractivity contribution in [3.05, 3.63) is 46.5 Å². The zero-order chi connectivity index (χ0) is 19.8. The summed E-state index contributed by atoms with van der Waals surface area (Å²) in [4.78, 5) is 47.6. The van der Waals surface area contributed by atoms with Crippen molar-refractivity contribution in [3.8, 4) is 0 Å². The molecule has 144 valence electrons. The number of rotatable bonds is 7. The van der Waals surface area contributed by atoms with E-state index in [-0.39, 0.29) is 17.8 Å². The molecule has 0 saturated carbocycles. The molecule has 0 bridgehead atoms. The van der Waals surface area contributed by atoms with Gasteiger partial charge in [-0.15, -0.1) is 6.58 Å². The first-order valence-corrected chi connectivity index (χ1v) is 8.31. The molecule has 1 fully saturated rings. The van der Waals surface area contributed by atoms with Crippen LogP contribution in [-0.2, 0) is 9.53 Å². The number of hydrogen-bond donors (Lipinski definition) is 2. The molecule has 27 heavy (non-hydrogen) atoms. The number of carbonyl (C=O) groups excluding carboxylic acids is 3. The number of esters is 1. The number of benzene rings is 1. The number of imide groups is 1. The molecule has 1 saturated heterocycles. The van der Waals surface area contributed by atoms with Crippen molar-refractivity contribution in [1.29, 1.82) is 0 Å². The highest BCUT2D eigenvalue weighted by molar-refractivity contribution is 5.97. The van der Waals surface area contributed by atoms with Crippen LogP contribution in [0, 0.1) is 10.1 Å². The average molecular weight is 376 g/mol. The molecule has 0 atom stereocenters. The van der Waals surface area contributed by atoms with E-state index in [1.807, 2.05) is 10.2 Å². The molecule has 0 aromatic heterocycles. The molecule has 0 radical (unpaired) electrons. The maximum absolute atomic E-state index is 12.1. The molecular formula is C17H20N4O6. The highest BCUT2D eigenvalue weighted by atomic mass is 16.6. The van der Waals surface area contributed by atoms with Gasteiger partial charge in [-0.3, -0.25) is 20.2 Å². The van der Waals surface area contributed by atoms with Gasteiger partial charge in [-0.05, 0) is 25.0 Å². The topological polar surface area (TPSA) is 131 Å². The predicted molar refractivity (Wildman–Crippen MR) is 96.6 cm³/mol. The molecule has 3 amide bonds. The lowest BCUT2D eigenvalue weighted by atomic mass is 10.1. The van der Waals surface area contributed by atoms with Crippen LogP contribution in [0.1, 0.15) is 23.2 Å². The fraction of sp³-hybridized carbons (Fsp3) is 0.353. The lowest BCUT2D eigenvalue weighted by molar-refractivity contribution is -0.384. The summed E-state index contributed by atoms with van der Waals surface area (Å²) in [5, 5.41) is 15.6. The third-order valence-corrected chi connectivity index (χ3v) is 3.85. The van der Waals surface area contributed by atoms with Crippen molar-refractivity contribution in [1.82, 2.24) is 10.6 Å². The molecule has 1 aromatic carbocycles. The Kier molecular flexibility index (Phi) is 6.86. The number of carbonyl (C=O) groups is 3. The number of nitro benzene ring substituents is 1. The minimum Gasteiger partial charge on any atom is -0.452 e. The summed E-state index contributed by atoms with van der Waals surface area (Å²) < 4.78 is 4.81. The van der Waals surface area contributed by atoms with Crippen LogP contribution in [-0.4, -0.2) is 49.1 Å². The normalized spacial score (nSPS) is 13.0. The summed E-state index contributed by atoms with van der Waals surface area (Å²) >= 11 is 0. The molecule has 2 N–H and O–H groups in total. The van der Waals surface area contributed by atoms with Crippen molar-refractivity contribution >= 4 is 29.3 Å². The first kappa shape index (κ1) is 19.9. The summed E-state index contributed by atoms with van der Waals surface area (Å²) in [6, 6.07) is 3.30. The third-order valence-electron chi connectivity index (χ3n) is 3.85. The molecule has 10 heteroatoms. The molecule has 1 heterocycles. The number of nitrogens with zero attached hydrogens (tertiary/aromatic N) is 2. The van der Waals surface area contributed by atoms with E-state index >= 15 is 0 Å². The van der Waals surface area contributed by atoms with Gasteiger partial charge in [0.2, 0.25) is 0 Å². The van der Waals surface area contributed by atoms with E-state index in [0.29, 0.717) is 5.69 Å². The SMILES string of the molecule is C=CCNC(=O)NC(=O)COC(=O)c1ccc(N2CCCC2)c([N+](=O)[O-])c1. The number of anilines is 1. The van der Waals surface area contributed by atoms with Crippen LogP contribution in [0.4, 0.5) is 16.2 Å². The first-order chi connectivity index (χ1) is 12.9. The van der Waals surface area contributed by atoms with Gasteiger partial charge in [0, 0.05) is 25.7 Å². The minimum atomic E-state index is -0.896. The molecule has 1 aliphatic rings. The largest absolute Gasteiger partial charge is 0.452 e. The smallest absolute Gasteiger partial charge is 0.338 e. The number of amides is 3. The second kappa shape index (κ2) is 9.32. The summed E-state index contributed by atoms with van der Waals surface area (Å²) in [5.41, 5.74) is 0.207. The Bertz CT molecular complexity index is 758. The summed E-state index contributed by atoms with van der Waals surface area (Å²) in [6.45, 7) is 4.33. The molecular weight excluding hydrogens is 356 g/mol. The maximum Gasteiger partial charge on any atom is 0.338 e. The van der Waals surface area contributed by atoms with E-state index in [4.69, 9.17) is 4.74 Å². The van der Waals surface area contributed by atoms with Crippen LogP contribution in [0.3, 0.4) is 0 Å². The van der Waals surface area contributed by atoms with Crippen LogP contribution >= 0.6 is 0 Å². The molecule has 1 aliphatic heterocycles. The number of hydrogen-bond acceptors (Lipinski definition) is 7. The van der Waals surface area contributed by atoms with Gasteiger partial charge in [-0.1, -0.05) is 6.08 Å². The van der Waals surface area contributed by atoms with Crippen molar-refractivity contribution in [2.45, 2.75) is 12.8 Å². The fourth-order valence-electron chi connectivity index (χ4n) is 2.61. The van der Waals surface area contributed by atoms with Gasteiger partial charge < -0.3 is 15.0 Å². The van der Waals surface area contributed by atoms with E-state index in [9.17, 15) is 24.5 Å². The predicted octanol–water partition coefficient (Wildman–Crippen LogP) is 1.36. The van der Waals surface area contributed by atoms with Gasteiger partial charge in [0.1, 0.15) is 5.69 Å². The molecule has 0 unspecified atom stereocenters. The van der Waals surface area contributed by atoms with Gasteiger partial charge in [-0.25, -0.2) is 9.59 Å². The lowest BCUT2D eigenvalue weighted by Crippen LogP contribution is -2.41. The Labute approximate surface area is 155 Å². The fourth-order valence-corrected chi connectivity index (χ4v) is 2.61. The summed E-state index contributed by atoms with van der Waals surface area (Å²) in [6.07, 6.45) is 3.34. The summed E-state index contributed by atoms with van der Waals surface area (Å²) in [7, 11) is 0. The highest BCUT2D eigenvalue weighted by Crippen LogP contribution is 2.31. The lowest BCUT2D eigenvalue weighted by Gasteiger charge is -2.17. The van der Waals surface area contributed by atoms with Crippen LogP contribution in [0.25, 0.3) is 0 Å². The van der Waals surface area contributed by atoms with E-state index < -0.39 is 29.4 Å². The highest BCUT2D eigenvalue weighted by Gasteiger charge is 2.24. The minimum absolute atomic E-state index is 0.0476. The Morgan fingerprint density at radius 2 is 2.00 bits per heavy atom. The van der Waals surface area contributed by atoms with Gasteiger partial charge in [-0.2, -0.15) is 0 Å². The van der Waals surface area contributed by atoms with E-state index in [2.05, 4.69) is 11.9 Å². The number of ether oxygens (including phenoxy) is 1. The van der Waals surface area contributed by atoms with E-state index in [1.54, 1.807) is 0 Å². The van der Waals surface area contributed by atoms with Crippen LogP contribution < -0.4 is 15.5 Å². The molecule has 0 spiro atoms. The van der Waals surface area contributed by atoms with Gasteiger partial charge in [0.25, 0.3) is 11.6 Å². The Morgan fingerprint density at radius 3 is 2.63 bits per heavy atom. The van der Waals surface area contributed by atoms with Gasteiger partial charge in [0.15, 0.2) is 6.61 Å². The quantitative estimate of drug-likeness (QED) is 0.318. The number of nitrogens with one attached hydrogen (secondary N) is 2. The molecule has 10 nitrogen and oxygen atoms in total. The first-order valence-electron chi connectivity index (χ1n) is 8.31. The number of urea groups is 1. The molecule has 1 aromatic rings. The van der Waals surface area contributed by atoms with E-state index in [0.717, 1.165) is 32.0 Å². The Morgan fingerprint density at radius 1 is 1.30 bits per heavy atom. The zero-order valence-electron chi connectivity index (χ0n) is 14.6. The van der Waals surface area contributed by atoms with Crippen molar-refractivity contribution in [3.63, 3.8) is 0 Å². The Hall–Kier alpha value is -3.43. The standard InChI is InChI=1S/C17H20N4O6/c1-2-7-18-17(24)19-15(22)11-27-16(23)12-5-6-13(14(10-12)21(25)26)20-8-3-4-9-20/h2,5-6,10H,1,3-4,7-9,11H2,(H2,18,19,22,24). The van der Waals surface area contributed by atoms with E-state index in [1.165, 1.54) is 18.2 Å². The monoisotopic (exact) mass is 376 g/mol.